The van der Waals surface area contributed by atoms with Crippen LogP contribution in [0.25, 0.3) is 0 Å². The van der Waals surface area contributed by atoms with Crippen LogP contribution in [-0.4, -0.2) is 27.9 Å². The van der Waals surface area contributed by atoms with E-state index < -0.39 is 11.5 Å². The van der Waals surface area contributed by atoms with Crippen molar-refractivity contribution in [1.82, 2.24) is 0 Å². The largest absolute Gasteiger partial charge is 0.504 e. The first-order valence-electron chi connectivity index (χ1n) is 9.80. The second-order valence-corrected chi connectivity index (χ2v) is 9.74. The van der Waals surface area contributed by atoms with E-state index in [0.717, 1.165) is 50.4 Å². The Bertz CT molecular complexity index is 663. The standard InChI is InChI=1S/C21H30O4/c1-19-10-12(11-22)17(23)18(24)16(19)5-4-13-14(19)6-8-20(2)15(13)7-9-21(20,3)25/h11-15,24-25H,4-10H2,1-3H3/t12?,13-,14+,15+,19-,20+,21?/m1/s1. The van der Waals surface area contributed by atoms with Crippen molar-refractivity contribution in [2.45, 2.75) is 71.3 Å². The van der Waals surface area contributed by atoms with Gasteiger partial charge in [-0.05, 0) is 86.0 Å². The first-order chi connectivity index (χ1) is 11.7. The first kappa shape index (κ1) is 17.3. The summed E-state index contributed by atoms with van der Waals surface area (Å²) in [5.74, 6) is 0.179. The molecule has 2 N–H and O–H groups in total. The summed E-state index contributed by atoms with van der Waals surface area (Å²) in [6, 6.07) is 0. The molecule has 0 amide bonds. The van der Waals surface area contributed by atoms with Gasteiger partial charge in [-0.3, -0.25) is 4.79 Å². The molecule has 0 aromatic carbocycles. The van der Waals surface area contributed by atoms with Crippen molar-refractivity contribution in [3.05, 3.63) is 11.3 Å². The van der Waals surface area contributed by atoms with Crippen LogP contribution in [0.4, 0.5) is 0 Å². The van der Waals surface area contributed by atoms with Crippen molar-refractivity contribution in [1.29, 1.82) is 0 Å². The van der Waals surface area contributed by atoms with Gasteiger partial charge in [0.05, 0.1) is 11.5 Å². The van der Waals surface area contributed by atoms with Gasteiger partial charge in [0.25, 0.3) is 0 Å². The van der Waals surface area contributed by atoms with Gasteiger partial charge in [-0.2, -0.15) is 0 Å². The van der Waals surface area contributed by atoms with E-state index >= 15 is 0 Å². The Labute approximate surface area is 149 Å². The zero-order valence-corrected chi connectivity index (χ0v) is 15.5. The molecule has 0 spiro atoms. The minimum Gasteiger partial charge on any atom is -0.504 e. The zero-order chi connectivity index (χ0) is 18.2. The molecule has 4 aliphatic carbocycles. The Hall–Kier alpha value is -1.16. The molecular weight excluding hydrogens is 316 g/mol. The molecule has 3 saturated carbocycles. The lowest BCUT2D eigenvalue weighted by Gasteiger charge is -2.59. The number of ketones is 1. The Morgan fingerprint density at radius 3 is 2.44 bits per heavy atom. The van der Waals surface area contributed by atoms with E-state index in [-0.39, 0.29) is 22.4 Å². The van der Waals surface area contributed by atoms with Crippen LogP contribution < -0.4 is 0 Å². The van der Waals surface area contributed by atoms with E-state index in [2.05, 4.69) is 13.8 Å². The van der Waals surface area contributed by atoms with Gasteiger partial charge < -0.3 is 15.0 Å². The van der Waals surface area contributed by atoms with Crippen LogP contribution >= 0.6 is 0 Å². The van der Waals surface area contributed by atoms with Gasteiger partial charge in [-0.1, -0.05) is 13.8 Å². The summed E-state index contributed by atoms with van der Waals surface area (Å²) in [5, 5.41) is 21.4. The van der Waals surface area contributed by atoms with E-state index in [1.165, 1.54) is 0 Å². The average Bonchev–Trinajstić information content (AvgIpc) is 2.81. The summed E-state index contributed by atoms with van der Waals surface area (Å²) in [6.07, 6.45) is 6.88. The second-order valence-electron chi connectivity index (χ2n) is 9.74. The van der Waals surface area contributed by atoms with E-state index in [1.807, 2.05) is 6.92 Å². The third kappa shape index (κ3) is 2.03. The predicted molar refractivity (Wildman–Crippen MR) is 93.8 cm³/mol. The van der Waals surface area contributed by atoms with Gasteiger partial charge in [-0.15, -0.1) is 0 Å². The third-order valence-corrected chi connectivity index (χ3v) is 8.90. The number of hydrogen-bond donors (Lipinski definition) is 2. The number of carbonyl (C=O) groups is 2. The molecule has 4 rings (SSSR count). The maximum absolute atomic E-state index is 12.3. The lowest BCUT2D eigenvalue weighted by atomic mass is 9.45. The molecule has 0 aromatic rings. The van der Waals surface area contributed by atoms with Gasteiger partial charge >= 0.3 is 0 Å². The molecule has 0 radical (unpaired) electrons. The number of Topliss-reactive ketones (excluding diaryl/α,β-unsaturated/α-hetero) is 1. The normalized spacial score (nSPS) is 52.4. The molecular formula is C21H30O4. The van der Waals surface area contributed by atoms with Crippen LogP contribution in [0, 0.1) is 34.5 Å². The summed E-state index contributed by atoms with van der Waals surface area (Å²) < 4.78 is 0. The van der Waals surface area contributed by atoms with Crippen molar-refractivity contribution in [2.24, 2.45) is 34.5 Å². The minimum atomic E-state index is -0.701. The summed E-state index contributed by atoms with van der Waals surface area (Å²) in [4.78, 5) is 23.7. The highest BCUT2D eigenvalue weighted by Crippen LogP contribution is 2.67. The zero-order valence-electron chi connectivity index (χ0n) is 15.5. The van der Waals surface area contributed by atoms with Crippen LogP contribution in [0.2, 0.25) is 0 Å². The van der Waals surface area contributed by atoms with Gasteiger partial charge in [0.15, 0.2) is 5.76 Å². The lowest BCUT2D eigenvalue weighted by Crippen LogP contribution is -2.55. The number of aliphatic hydroxyl groups excluding tert-OH is 1. The van der Waals surface area contributed by atoms with Gasteiger partial charge in [0.2, 0.25) is 5.78 Å². The van der Waals surface area contributed by atoms with E-state index in [0.29, 0.717) is 24.2 Å². The number of allylic oxidation sites excluding steroid dienone is 1. The van der Waals surface area contributed by atoms with Crippen molar-refractivity contribution >= 4 is 12.1 Å². The fourth-order valence-corrected chi connectivity index (χ4v) is 7.19. The van der Waals surface area contributed by atoms with E-state index in [9.17, 15) is 19.8 Å². The molecule has 0 saturated heterocycles. The Kier molecular flexibility index (Phi) is 3.58. The molecule has 4 aliphatic rings. The second kappa shape index (κ2) is 5.18. The van der Waals surface area contributed by atoms with Gasteiger partial charge in [0, 0.05) is 0 Å². The van der Waals surface area contributed by atoms with Crippen LogP contribution in [-0.2, 0) is 9.59 Å². The van der Waals surface area contributed by atoms with Crippen LogP contribution in [0.3, 0.4) is 0 Å². The minimum absolute atomic E-state index is 0.0393. The van der Waals surface area contributed by atoms with Gasteiger partial charge in [-0.25, -0.2) is 0 Å². The fourth-order valence-electron chi connectivity index (χ4n) is 7.19. The molecule has 0 aromatic heterocycles. The molecule has 138 valence electrons. The fraction of sp³-hybridized carbons (Fsp3) is 0.810. The molecule has 0 aliphatic heterocycles. The Morgan fingerprint density at radius 2 is 1.76 bits per heavy atom. The molecule has 0 bridgehead atoms. The highest BCUT2D eigenvalue weighted by atomic mass is 16.3. The van der Waals surface area contributed by atoms with Crippen LogP contribution in [0.5, 0.6) is 0 Å². The molecule has 4 heteroatoms. The molecule has 0 heterocycles. The summed E-state index contributed by atoms with van der Waals surface area (Å²) in [5.41, 5.74) is -0.00881. The number of fused-ring (bicyclic) bond motifs is 5. The number of aldehydes is 1. The highest BCUT2D eigenvalue weighted by molar-refractivity contribution is 6.04. The molecule has 3 fully saturated rings. The molecule has 7 atom stereocenters. The van der Waals surface area contributed by atoms with Crippen molar-refractivity contribution in [3.63, 3.8) is 0 Å². The molecule has 4 nitrogen and oxygen atoms in total. The Balaban J connectivity index is 1.74. The van der Waals surface area contributed by atoms with Crippen molar-refractivity contribution < 1.29 is 19.8 Å². The van der Waals surface area contributed by atoms with E-state index in [4.69, 9.17) is 0 Å². The topological polar surface area (TPSA) is 74.6 Å². The monoisotopic (exact) mass is 346 g/mol. The molecule has 2 unspecified atom stereocenters. The van der Waals surface area contributed by atoms with Crippen LogP contribution in [0.15, 0.2) is 11.3 Å². The van der Waals surface area contributed by atoms with Crippen molar-refractivity contribution in [2.75, 3.05) is 0 Å². The first-order valence-corrected chi connectivity index (χ1v) is 9.80. The number of aliphatic hydroxyl groups is 2. The maximum Gasteiger partial charge on any atom is 0.207 e. The number of hydrogen-bond acceptors (Lipinski definition) is 4. The smallest absolute Gasteiger partial charge is 0.207 e. The third-order valence-electron chi connectivity index (χ3n) is 8.90. The Morgan fingerprint density at radius 1 is 1.08 bits per heavy atom. The molecule has 25 heavy (non-hydrogen) atoms. The summed E-state index contributed by atoms with van der Waals surface area (Å²) in [7, 11) is 0. The summed E-state index contributed by atoms with van der Waals surface area (Å²) in [6.45, 7) is 6.41. The summed E-state index contributed by atoms with van der Waals surface area (Å²) >= 11 is 0. The van der Waals surface area contributed by atoms with Crippen LogP contribution in [0.1, 0.15) is 65.7 Å². The highest BCUT2D eigenvalue weighted by Gasteiger charge is 2.63. The number of carbonyl (C=O) groups excluding carboxylic acids is 2. The number of rotatable bonds is 1. The maximum atomic E-state index is 12.3. The van der Waals surface area contributed by atoms with E-state index in [1.54, 1.807) is 0 Å². The lowest BCUT2D eigenvalue weighted by molar-refractivity contribution is -0.136. The van der Waals surface area contributed by atoms with Gasteiger partial charge in [0.1, 0.15) is 6.29 Å². The average molecular weight is 346 g/mol. The quantitative estimate of drug-likeness (QED) is 0.562. The predicted octanol–water partition coefficient (Wildman–Crippen LogP) is 3.58. The SMILES string of the molecule is CC1(O)CC[C@H]2[C@@H]3CCC4=C(O)C(=O)C(C=O)C[C@]4(C)[C@H]3CC[C@@]21C. The van der Waals surface area contributed by atoms with Crippen molar-refractivity contribution in [3.8, 4) is 0 Å².